The van der Waals surface area contributed by atoms with Gasteiger partial charge in [0.2, 0.25) is 0 Å². The Kier molecular flexibility index (Phi) is 5.20. The average molecular weight is 251 g/mol. The van der Waals surface area contributed by atoms with E-state index in [0.717, 1.165) is 31.4 Å². The molecule has 0 aliphatic carbocycles. The van der Waals surface area contributed by atoms with E-state index in [-0.39, 0.29) is 0 Å². The molecule has 0 radical (unpaired) electrons. The summed E-state index contributed by atoms with van der Waals surface area (Å²) in [5.74, 6) is 4.51. The maximum atomic E-state index is 5.50. The van der Waals surface area contributed by atoms with Crippen LogP contribution in [0.15, 0.2) is 24.3 Å². The Morgan fingerprint density at radius 3 is 3.18 bits per heavy atom. The summed E-state index contributed by atoms with van der Waals surface area (Å²) in [6, 6.07) is 8.35. The number of benzene rings is 1. The maximum Gasteiger partial charge on any atom is 0.119 e. The van der Waals surface area contributed by atoms with Gasteiger partial charge in [0.05, 0.1) is 6.61 Å². The second-order valence-electron chi connectivity index (χ2n) is 4.44. The van der Waals surface area contributed by atoms with E-state index in [2.05, 4.69) is 35.3 Å². The molecule has 1 heterocycles. The SMILES string of the molecule is CCOc1cccc(CNCC2CCSC2)c1. The van der Waals surface area contributed by atoms with Gasteiger partial charge in [-0.2, -0.15) is 11.8 Å². The lowest BCUT2D eigenvalue weighted by Crippen LogP contribution is -2.22. The highest BCUT2D eigenvalue weighted by atomic mass is 32.2. The Hall–Kier alpha value is -0.670. The van der Waals surface area contributed by atoms with Crippen LogP contribution in [0.1, 0.15) is 18.9 Å². The van der Waals surface area contributed by atoms with Gasteiger partial charge in [-0.1, -0.05) is 12.1 Å². The van der Waals surface area contributed by atoms with Crippen molar-refractivity contribution >= 4 is 11.8 Å². The van der Waals surface area contributed by atoms with Crippen molar-refractivity contribution < 1.29 is 4.74 Å². The van der Waals surface area contributed by atoms with E-state index >= 15 is 0 Å². The van der Waals surface area contributed by atoms with Crippen LogP contribution in [-0.4, -0.2) is 24.7 Å². The Labute approximate surface area is 108 Å². The summed E-state index contributed by atoms with van der Waals surface area (Å²) in [6.07, 6.45) is 1.37. The van der Waals surface area contributed by atoms with E-state index in [1.165, 1.54) is 23.5 Å². The molecule has 1 fully saturated rings. The molecule has 1 aromatic rings. The highest BCUT2D eigenvalue weighted by Gasteiger charge is 2.14. The molecule has 94 valence electrons. The zero-order chi connectivity index (χ0) is 11.9. The molecule has 0 bridgehead atoms. The number of ether oxygens (including phenoxy) is 1. The van der Waals surface area contributed by atoms with Crippen molar-refractivity contribution in [2.24, 2.45) is 5.92 Å². The lowest BCUT2D eigenvalue weighted by Gasteiger charge is -2.10. The molecule has 1 unspecified atom stereocenters. The summed E-state index contributed by atoms with van der Waals surface area (Å²) in [4.78, 5) is 0. The molecule has 1 N–H and O–H groups in total. The Balaban J connectivity index is 1.75. The molecule has 0 saturated carbocycles. The van der Waals surface area contributed by atoms with E-state index in [1.807, 2.05) is 13.0 Å². The predicted octanol–water partition coefficient (Wildman–Crippen LogP) is 2.93. The molecule has 17 heavy (non-hydrogen) atoms. The second kappa shape index (κ2) is 6.92. The smallest absolute Gasteiger partial charge is 0.119 e. The van der Waals surface area contributed by atoms with Crippen molar-refractivity contribution in [3.8, 4) is 5.75 Å². The van der Waals surface area contributed by atoms with Gasteiger partial charge in [0, 0.05) is 6.54 Å². The van der Waals surface area contributed by atoms with E-state index in [9.17, 15) is 0 Å². The molecule has 0 aromatic heterocycles. The van der Waals surface area contributed by atoms with E-state index in [4.69, 9.17) is 4.74 Å². The third kappa shape index (κ3) is 4.25. The van der Waals surface area contributed by atoms with Gasteiger partial charge in [-0.3, -0.25) is 0 Å². The molecule has 3 heteroatoms. The topological polar surface area (TPSA) is 21.3 Å². The van der Waals surface area contributed by atoms with Crippen molar-refractivity contribution in [1.29, 1.82) is 0 Å². The lowest BCUT2D eigenvalue weighted by molar-refractivity contribution is 0.340. The van der Waals surface area contributed by atoms with Crippen molar-refractivity contribution in [1.82, 2.24) is 5.32 Å². The summed E-state index contributed by atoms with van der Waals surface area (Å²) in [7, 11) is 0. The monoisotopic (exact) mass is 251 g/mol. The predicted molar refractivity (Wildman–Crippen MR) is 74.7 cm³/mol. The first-order valence-electron chi connectivity index (χ1n) is 6.38. The Morgan fingerprint density at radius 2 is 2.41 bits per heavy atom. The molecular weight excluding hydrogens is 230 g/mol. The minimum atomic E-state index is 0.732. The Bertz CT molecular complexity index is 337. The summed E-state index contributed by atoms with van der Waals surface area (Å²) in [6.45, 7) is 4.84. The van der Waals surface area contributed by atoms with Gasteiger partial charge in [-0.05, 0) is 55.0 Å². The quantitative estimate of drug-likeness (QED) is 0.840. The number of hydrogen-bond acceptors (Lipinski definition) is 3. The van der Waals surface area contributed by atoms with Crippen LogP contribution in [0.25, 0.3) is 0 Å². The van der Waals surface area contributed by atoms with Crippen LogP contribution in [0.5, 0.6) is 5.75 Å². The third-order valence-corrected chi connectivity index (χ3v) is 4.23. The van der Waals surface area contributed by atoms with Gasteiger partial charge in [-0.15, -0.1) is 0 Å². The van der Waals surface area contributed by atoms with Crippen molar-refractivity contribution in [2.45, 2.75) is 19.9 Å². The molecule has 2 nitrogen and oxygen atoms in total. The lowest BCUT2D eigenvalue weighted by atomic mass is 10.1. The van der Waals surface area contributed by atoms with Crippen molar-refractivity contribution in [3.05, 3.63) is 29.8 Å². The first-order chi connectivity index (χ1) is 8.38. The van der Waals surface area contributed by atoms with Gasteiger partial charge in [-0.25, -0.2) is 0 Å². The van der Waals surface area contributed by atoms with Crippen LogP contribution >= 0.6 is 11.8 Å². The highest BCUT2D eigenvalue weighted by Crippen LogP contribution is 2.22. The largest absolute Gasteiger partial charge is 0.494 e. The zero-order valence-corrected chi connectivity index (χ0v) is 11.3. The summed E-state index contributed by atoms with van der Waals surface area (Å²) in [5, 5.41) is 3.54. The zero-order valence-electron chi connectivity index (χ0n) is 10.4. The van der Waals surface area contributed by atoms with Crippen LogP contribution in [0, 0.1) is 5.92 Å². The summed E-state index contributed by atoms with van der Waals surface area (Å²) < 4.78 is 5.50. The standard InChI is InChI=1S/C14H21NOS/c1-2-16-14-5-3-4-12(8-14)9-15-10-13-6-7-17-11-13/h3-5,8,13,15H,2,6-7,9-11H2,1H3. The molecule has 1 aliphatic rings. The van der Waals surface area contributed by atoms with E-state index < -0.39 is 0 Å². The van der Waals surface area contributed by atoms with Crippen LogP contribution in [-0.2, 0) is 6.54 Å². The first kappa shape index (κ1) is 12.8. The summed E-state index contributed by atoms with van der Waals surface area (Å²) in [5.41, 5.74) is 1.31. The fraction of sp³-hybridized carbons (Fsp3) is 0.571. The molecule has 1 aliphatic heterocycles. The molecule has 0 amide bonds. The number of nitrogens with one attached hydrogen (secondary N) is 1. The second-order valence-corrected chi connectivity index (χ2v) is 5.59. The number of rotatable bonds is 6. The van der Waals surface area contributed by atoms with Gasteiger partial charge in [0.1, 0.15) is 5.75 Å². The van der Waals surface area contributed by atoms with Crippen molar-refractivity contribution in [2.75, 3.05) is 24.7 Å². The van der Waals surface area contributed by atoms with Gasteiger partial charge in [0.25, 0.3) is 0 Å². The van der Waals surface area contributed by atoms with E-state index in [1.54, 1.807) is 0 Å². The third-order valence-electron chi connectivity index (χ3n) is 3.00. The molecule has 0 spiro atoms. The van der Waals surface area contributed by atoms with Gasteiger partial charge in [0.15, 0.2) is 0 Å². The Morgan fingerprint density at radius 1 is 1.47 bits per heavy atom. The number of thioether (sulfide) groups is 1. The van der Waals surface area contributed by atoms with Crippen LogP contribution in [0.4, 0.5) is 0 Å². The fourth-order valence-corrected chi connectivity index (χ4v) is 3.36. The molecule has 1 atom stereocenters. The minimum absolute atomic E-state index is 0.732. The molecule has 2 rings (SSSR count). The molecule has 1 saturated heterocycles. The average Bonchev–Trinajstić information content (AvgIpc) is 2.83. The van der Waals surface area contributed by atoms with Crippen LogP contribution in [0.2, 0.25) is 0 Å². The van der Waals surface area contributed by atoms with Crippen molar-refractivity contribution in [3.63, 3.8) is 0 Å². The van der Waals surface area contributed by atoms with Crippen LogP contribution in [0.3, 0.4) is 0 Å². The molecule has 1 aromatic carbocycles. The van der Waals surface area contributed by atoms with Crippen LogP contribution < -0.4 is 10.1 Å². The van der Waals surface area contributed by atoms with Gasteiger partial charge < -0.3 is 10.1 Å². The minimum Gasteiger partial charge on any atom is -0.494 e. The fourth-order valence-electron chi connectivity index (χ4n) is 2.08. The van der Waals surface area contributed by atoms with Gasteiger partial charge >= 0.3 is 0 Å². The number of hydrogen-bond donors (Lipinski definition) is 1. The first-order valence-corrected chi connectivity index (χ1v) is 7.54. The summed E-state index contributed by atoms with van der Waals surface area (Å²) >= 11 is 2.08. The highest BCUT2D eigenvalue weighted by molar-refractivity contribution is 7.99. The normalized spacial score (nSPS) is 19.5. The van der Waals surface area contributed by atoms with E-state index in [0.29, 0.717) is 0 Å². The maximum absolute atomic E-state index is 5.50. The molecular formula is C14H21NOS.